The maximum atomic E-state index is 5.14. The van der Waals surface area contributed by atoms with Crippen molar-refractivity contribution in [2.75, 3.05) is 0 Å². The van der Waals surface area contributed by atoms with Crippen LogP contribution in [0.15, 0.2) is 134 Å². The Morgan fingerprint density at radius 2 is 1.10 bits per heavy atom. The predicted molar refractivity (Wildman–Crippen MR) is 164 cm³/mol. The molecule has 0 aliphatic heterocycles. The molecule has 1 aliphatic carbocycles. The highest BCUT2D eigenvalue weighted by Crippen LogP contribution is 2.42. The summed E-state index contributed by atoms with van der Waals surface area (Å²) in [6.07, 6.45) is 14.5. The molecule has 4 heteroatoms. The van der Waals surface area contributed by atoms with E-state index >= 15 is 0 Å². The Morgan fingerprint density at radius 3 is 1.80 bits per heavy atom. The van der Waals surface area contributed by atoms with Crippen LogP contribution in [0, 0.1) is 0 Å². The van der Waals surface area contributed by atoms with Crippen LogP contribution >= 0.6 is 0 Å². The topological polar surface area (TPSA) is 51.6 Å². The average molecular weight is 515 g/mol. The second kappa shape index (κ2) is 10.5. The zero-order chi connectivity index (χ0) is 26.7. The molecule has 4 nitrogen and oxygen atoms in total. The minimum Gasteiger partial charge on any atom is -0.256 e. The number of hydrogen-bond donors (Lipinski definition) is 0. The van der Waals surface area contributed by atoms with Gasteiger partial charge in [-0.1, -0.05) is 115 Å². The fourth-order valence-corrected chi connectivity index (χ4v) is 5.36. The van der Waals surface area contributed by atoms with Crippen LogP contribution in [0.1, 0.15) is 18.7 Å². The van der Waals surface area contributed by atoms with Gasteiger partial charge >= 0.3 is 0 Å². The smallest absolute Gasteiger partial charge is 0.165 e. The minimum atomic E-state index is 0.655. The van der Waals surface area contributed by atoms with Gasteiger partial charge in [0.25, 0.3) is 0 Å². The Kier molecular flexibility index (Phi) is 6.27. The van der Waals surface area contributed by atoms with Crippen molar-refractivity contribution in [3.05, 3.63) is 139 Å². The Labute approximate surface area is 233 Å². The van der Waals surface area contributed by atoms with Crippen LogP contribution < -0.4 is 0 Å². The molecule has 0 amide bonds. The molecule has 6 aromatic rings. The van der Waals surface area contributed by atoms with Gasteiger partial charge in [-0.25, -0.2) is 15.0 Å². The molecule has 0 saturated carbocycles. The van der Waals surface area contributed by atoms with Crippen molar-refractivity contribution in [3.63, 3.8) is 0 Å². The molecule has 7 rings (SSSR count). The molecule has 0 atom stereocenters. The number of aromatic nitrogens is 4. The highest BCUT2D eigenvalue weighted by Gasteiger charge is 2.20. The van der Waals surface area contributed by atoms with E-state index in [1.165, 1.54) is 0 Å². The van der Waals surface area contributed by atoms with Crippen LogP contribution in [0.4, 0.5) is 0 Å². The molecule has 0 N–H and O–H groups in total. The van der Waals surface area contributed by atoms with Gasteiger partial charge < -0.3 is 0 Å². The summed E-state index contributed by atoms with van der Waals surface area (Å²) in [6, 6.07) is 33.2. The number of hydrogen-bond acceptors (Lipinski definition) is 4. The zero-order valence-corrected chi connectivity index (χ0v) is 21.9. The predicted octanol–water partition coefficient (Wildman–Crippen LogP) is 8.86. The fraction of sp³-hybridized carbons (Fsp3) is 0.0556. The first kappa shape index (κ1) is 23.9. The molecule has 2 heterocycles. The molecule has 40 heavy (non-hydrogen) atoms. The molecule has 4 aromatic carbocycles. The zero-order valence-electron chi connectivity index (χ0n) is 21.9. The molecule has 0 radical (unpaired) electrons. The normalized spacial score (nSPS) is 14.1. The molecular formula is C36H26N4. The number of allylic oxidation sites excluding steroid dienone is 6. The standard InChI is InChI=1S/C36H26N4/c1-2-5-15-25(16-6-3-1)34-38-35(26-17-7-4-8-18-26)40-36(39-34)33-29-21-11-9-19-27(29)32(31-23-13-14-24-37-31)28-20-10-12-22-30(28)33/h2,4-24H,1,3H2/b5-2?,16-6-,25-15?. The molecule has 0 fully saturated rings. The largest absolute Gasteiger partial charge is 0.256 e. The van der Waals surface area contributed by atoms with Crippen molar-refractivity contribution in [2.45, 2.75) is 12.8 Å². The molecule has 0 unspecified atom stereocenters. The van der Waals surface area contributed by atoms with Crippen LogP contribution in [0.5, 0.6) is 0 Å². The summed E-state index contributed by atoms with van der Waals surface area (Å²) in [5.41, 5.74) is 4.98. The van der Waals surface area contributed by atoms with Gasteiger partial charge in [0.2, 0.25) is 0 Å². The molecule has 0 spiro atoms. The third-order valence-corrected chi connectivity index (χ3v) is 7.21. The number of pyridine rings is 1. The Morgan fingerprint density at radius 1 is 0.500 bits per heavy atom. The lowest BCUT2D eigenvalue weighted by atomic mass is 9.89. The van der Waals surface area contributed by atoms with E-state index in [9.17, 15) is 0 Å². The second-order valence-electron chi connectivity index (χ2n) is 9.76. The van der Waals surface area contributed by atoms with Gasteiger partial charge in [-0.3, -0.25) is 4.98 Å². The highest BCUT2D eigenvalue weighted by atomic mass is 15.0. The van der Waals surface area contributed by atoms with Gasteiger partial charge in [0.15, 0.2) is 17.5 Å². The third-order valence-electron chi connectivity index (χ3n) is 7.21. The van der Waals surface area contributed by atoms with Gasteiger partial charge in [0, 0.05) is 28.5 Å². The minimum absolute atomic E-state index is 0.655. The van der Waals surface area contributed by atoms with E-state index in [1.807, 2.05) is 48.7 Å². The number of fused-ring (bicyclic) bond motifs is 2. The van der Waals surface area contributed by atoms with Gasteiger partial charge in [0.1, 0.15) is 0 Å². The summed E-state index contributed by atoms with van der Waals surface area (Å²) in [6.45, 7) is 0. The third kappa shape index (κ3) is 4.40. The van der Waals surface area contributed by atoms with Crippen molar-refractivity contribution in [2.24, 2.45) is 0 Å². The van der Waals surface area contributed by atoms with Crippen LogP contribution in [-0.4, -0.2) is 19.9 Å². The SMILES string of the molecule is C1=CCC/C=C\C(c2nc(-c3ccccc3)nc(-c3c4ccccc4c(-c4ccccn4)c4ccccc34)n2)=C1. The monoisotopic (exact) mass is 514 g/mol. The van der Waals surface area contributed by atoms with Crippen molar-refractivity contribution in [1.82, 2.24) is 19.9 Å². The van der Waals surface area contributed by atoms with E-state index in [-0.39, 0.29) is 0 Å². The quantitative estimate of drug-likeness (QED) is 0.221. The Bertz CT molecular complexity index is 1880. The summed E-state index contributed by atoms with van der Waals surface area (Å²) in [7, 11) is 0. The van der Waals surface area contributed by atoms with Gasteiger partial charge in [-0.05, 0) is 46.5 Å². The fourth-order valence-electron chi connectivity index (χ4n) is 5.36. The van der Waals surface area contributed by atoms with Crippen LogP contribution in [0.3, 0.4) is 0 Å². The molecule has 0 saturated heterocycles. The summed E-state index contributed by atoms with van der Waals surface area (Å²) in [5.74, 6) is 1.97. The lowest BCUT2D eigenvalue weighted by molar-refractivity contribution is 1.03. The second-order valence-corrected chi connectivity index (χ2v) is 9.76. The van der Waals surface area contributed by atoms with Crippen LogP contribution in [0.2, 0.25) is 0 Å². The lowest BCUT2D eigenvalue weighted by Crippen LogP contribution is -2.03. The van der Waals surface area contributed by atoms with Crippen LogP contribution in [0.25, 0.3) is 61.2 Å². The number of nitrogens with zero attached hydrogens (tertiary/aromatic N) is 4. The maximum absolute atomic E-state index is 5.14. The van der Waals surface area contributed by atoms with Gasteiger partial charge in [-0.15, -0.1) is 0 Å². The summed E-state index contributed by atoms with van der Waals surface area (Å²) >= 11 is 0. The Balaban J connectivity index is 1.57. The van der Waals surface area contributed by atoms with Crippen molar-refractivity contribution in [1.29, 1.82) is 0 Å². The highest BCUT2D eigenvalue weighted by molar-refractivity contribution is 6.20. The number of benzene rings is 4. The van der Waals surface area contributed by atoms with E-state index in [0.29, 0.717) is 17.5 Å². The molecule has 1 aliphatic rings. The van der Waals surface area contributed by atoms with E-state index in [0.717, 1.165) is 62.3 Å². The first-order chi connectivity index (χ1) is 19.9. The summed E-state index contributed by atoms with van der Waals surface area (Å²) in [5, 5.41) is 4.40. The average Bonchev–Trinajstić information content (AvgIpc) is 3.00. The van der Waals surface area contributed by atoms with E-state index in [4.69, 9.17) is 19.9 Å². The van der Waals surface area contributed by atoms with E-state index < -0.39 is 0 Å². The van der Waals surface area contributed by atoms with Gasteiger partial charge in [-0.2, -0.15) is 0 Å². The molecule has 190 valence electrons. The first-order valence-corrected chi connectivity index (χ1v) is 13.6. The van der Waals surface area contributed by atoms with E-state index in [1.54, 1.807) is 0 Å². The maximum Gasteiger partial charge on any atom is 0.165 e. The number of rotatable bonds is 4. The molecule has 0 bridgehead atoms. The van der Waals surface area contributed by atoms with Crippen molar-refractivity contribution >= 4 is 27.1 Å². The molecule has 2 aromatic heterocycles. The first-order valence-electron chi connectivity index (χ1n) is 13.6. The van der Waals surface area contributed by atoms with Crippen molar-refractivity contribution < 1.29 is 0 Å². The summed E-state index contributed by atoms with van der Waals surface area (Å²) in [4.78, 5) is 19.9. The van der Waals surface area contributed by atoms with Gasteiger partial charge in [0.05, 0.1) is 5.69 Å². The Hall–Kier alpha value is -5.22. The van der Waals surface area contributed by atoms with E-state index in [2.05, 4.69) is 85.0 Å². The summed E-state index contributed by atoms with van der Waals surface area (Å²) < 4.78 is 0. The molecular weight excluding hydrogens is 488 g/mol. The van der Waals surface area contributed by atoms with Crippen molar-refractivity contribution in [3.8, 4) is 34.0 Å². The van der Waals surface area contributed by atoms with Crippen LogP contribution in [-0.2, 0) is 0 Å². The lowest BCUT2D eigenvalue weighted by Gasteiger charge is -2.17.